The smallest absolute Gasteiger partial charge is 0.319 e. The number of hydrogen-bond donors (Lipinski definition) is 0. The van der Waals surface area contributed by atoms with Gasteiger partial charge in [0.25, 0.3) is 0 Å². The van der Waals surface area contributed by atoms with Crippen molar-refractivity contribution in [2.75, 3.05) is 13.1 Å². The van der Waals surface area contributed by atoms with Crippen molar-refractivity contribution in [1.82, 2.24) is 9.80 Å². The van der Waals surface area contributed by atoms with Crippen LogP contribution >= 0.6 is 0 Å². The van der Waals surface area contributed by atoms with Gasteiger partial charge >= 0.3 is 6.03 Å². The van der Waals surface area contributed by atoms with Crippen molar-refractivity contribution in [2.45, 2.75) is 32.9 Å². The summed E-state index contributed by atoms with van der Waals surface area (Å²) < 4.78 is 0. The Labute approximate surface area is 103 Å². The van der Waals surface area contributed by atoms with E-state index in [0.29, 0.717) is 6.54 Å². The van der Waals surface area contributed by atoms with Crippen LogP contribution in [0.4, 0.5) is 4.79 Å². The molecule has 2 amide bonds. The van der Waals surface area contributed by atoms with Gasteiger partial charge in [-0.15, -0.1) is 0 Å². The van der Waals surface area contributed by atoms with Crippen LogP contribution in [0.25, 0.3) is 0 Å². The van der Waals surface area contributed by atoms with E-state index in [1.54, 1.807) is 0 Å². The molecule has 0 atom stereocenters. The van der Waals surface area contributed by atoms with Crippen LogP contribution in [0.1, 0.15) is 26.3 Å². The summed E-state index contributed by atoms with van der Waals surface area (Å²) in [4.78, 5) is 16.1. The number of carbonyl (C=O) groups is 1. The third-order valence-corrected chi connectivity index (χ3v) is 3.12. The molecule has 0 radical (unpaired) electrons. The molecule has 1 fully saturated rings. The average Bonchev–Trinajstić information content (AvgIpc) is 2.61. The standard InChI is InChI=1S/C14H20N2O/c1-14(2,3)16-10-9-15(13(16)17)11-12-7-5-4-6-8-12/h4-8H,9-11H2,1-3H3. The number of rotatable bonds is 2. The van der Waals surface area contributed by atoms with Gasteiger partial charge in [-0.1, -0.05) is 30.3 Å². The van der Waals surface area contributed by atoms with E-state index in [0.717, 1.165) is 13.1 Å². The lowest BCUT2D eigenvalue weighted by molar-refractivity contribution is 0.154. The zero-order valence-corrected chi connectivity index (χ0v) is 10.8. The average molecular weight is 232 g/mol. The zero-order valence-electron chi connectivity index (χ0n) is 10.8. The lowest BCUT2D eigenvalue weighted by Crippen LogP contribution is -2.44. The summed E-state index contributed by atoms with van der Waals surface area (Å²) in [5, 5.41) is 0. The highest BCUT2D eigenvalue weighted by Crippen LogP contribution is 2.21. The molecule has 1 aliphatic rings. The first-order chi connectivity index (χ1) is 7.98. The number of benzene rings is 1. The number of amides is 2. The van der Waals surface area contributed by atoms with Crippen molar-refractivity contribution >= 4 is 6.03 Å². The van der Waals surface area contributed by atoms with Gasteiger partial charge in [0.15, 0.2) is 0 Å². The Hall–Kier alpha value is -1.51. The van der Waals surface area contributed by atoms with E-state index in [1.807, 2.05) is 28.0 Å². The van der Waals surface area contributed by atoms with Crippen LogP contribution < -0.4 is 0 Å². The van der Waals surface area contributed by atoms with Crippen LogP contribution in [-0.4, -0.2) is 34.5 Å². The van der Waals surface area contributed by atoms with Gasteiger partial charge in [0, 0.05) is 25.2 Å². The van der Waals surface area contributed by atoms with Crippen molar-refractivity contribution < 1.29 is 4.79 Å². The highest BCUT2D eigenvalue weighted by Gasteiger charge is 2.35. The minimum absolute atomic E-state index is 0.0808. The van der Waals surface area contributed by atoms with Gasteiger partial charge in [-0.3, -0.25) is 0 Å². The van der Waals surface area contributed by atoms with Crippen molar-refractivity contribution in [1.29, 1.82) is 0 Å². The summed E-state index contributed by atoms with van der Waals surface area (Å²) in [6.45, 7) is 8.61. The highest BCUT2D eigenvalue weighted by atomic mass is 16.2. The lowest BCUT2D eigenvalue weighted by atomic mass is 10.1. The molecule has 0 unspecified atom stereocenters. The van der Waals surface area contributed by atoms with Gasteiger partial charge in [0.05, 0.1) is 0 Å². The Kier molecular flexibility index (Phi) is 3.09. The first-order valence-electron chi connectivity index (χ1n) is 6.09. The molecule has 17 heavy (non-hydrogen) atoms. The largest absolute Gasteiger partial charge is 0.320 e. The molecule has 92 valence electrons. The Morgan fingerprint density at radius 3 is 2.29 bits per heavy atom. The van der Waals surface area contributed by atoms with Crippen molar-refractivity contribution in [3.05, 3.63) is 35.9 Å². The molecular weight excluding hydrogens is 212 g/mol. The quantitative estimate of drug-likeness (QED) is 0.769. The van der Waals surface area contributed by atoms with Crippen LogP contribution in [0.2, 0.25) is 0 Å². The summed E-state index contributed by atoms with van der Waals surface area (Å²) in [5.41, 5.74) is 1.11. The SMILES string of the molecule is CC(C)(C)N1CCN(Cc2ccccc2)C1=O. The Morgan fingerprint density at radius 1 is 1.12 bits per heavy atom. The van der Waals surface area contributed by atoms with Gasteiger partial charge in [-0.2, -0.15) is 0 Å². The topological polar surface area (TPSA) is 23.6 Å². The monoisotopic (exact) mass is 232 g/mol. The number of carbonyl (C=O) groups excluding carboxylic acids is 1. The van der Waals surface area contributed by atoms with E-state index < -0.39 is 0 Å². The Bertz CT molecular complexity index is 394. The van der Waals surface area contributed by atoms with Gasteiger partial charge in [-0.25, -0.2) is 4.79 Å². The van der Waals surface area contributed by atoms with E-state index in [4.69, 9.17) is 0 Å². The lowest BCUT2D eigenvalue weighted by Gasteiger charge is -2.31. The van der Waals surface area contributed by atoms with Gasteiger partial charge in [0.1, 0.15) is 0 Å². The molecule has 1 heterocycles. The molecular formula is C14H20N2O. The Morgan fingerprint density at radius 2 is 1.76 bits per heavy atom. The number of hydrogen-bond acceptors (Lipinski definition) is 1. The third-order valence-electron chi connectivity index (χ3n) is 3.12. The fraction of sp³-hybridized carbons (Fsp3) is 0.500. The van der Waals surface area contributed by atoms with Crippen molar-refractivity contribution in [3.8, 4) is 0 Å². The van der Waals surface area contributed by atoms with E-state index >= 15 is 0 Å². The molecule has 0 aromatic heterocycles. The minimum atomic E-state index is -0.0808. The molecule has 2 rings (SSSR count). The van der Waals surface area contributed by atoms with E-state index in [-0.39, 0.29) is 11.6 Å². The molecule has 0 spiro atoms. The second-order valence-electron chi connectivity index (χ2n) is 5.51. The van der Waals surface area contributed by atoms with Crippen molar-refractivity contribution in [2.24, 2.45) is 0 Å². The Balaban J connectivity index is 2.04. The predicted molar refractivity (Wildman–Crippen MR) is 68.7 cm³/mol. The predicted octanol–water partition coefficient (Wildman–Crippen LogP) is 2.72. The van der Waals surface area contributed by atoms with E-state index in [1.165, 1.54) is 5.56 Å². The summed E-state index contributed by atoms with van der Waals surface area (Å²) in [5.74, 6) is 0. The molecule has 3 nitrogen and oxygen atoms in total. The maximum Gasteiger partial charge on any atom is 0.320 e. The zero-order chi connectivity index (χ0) is 12.5. The summed E-state index contributed by atoms with van der Waals surface area (Å²) in [7, 11) is 0. The summed E-state index contributed by atoms with van der Waals surface area (Å²) in [6, 6.07) is 10.3. The van der Waals surface area contributed by atoms with Crippen LogP contribution in [0.5, 0.6) is 0 Å². The van der Waals surface area contributed by atoms with Crippen LogP contribution in [0.15, 0.2) is 30.3 Å². The molecule has 0 bridgehead atoms. The molecule has 1 aromatic carbocycles. The summed E-state index contributed by atoms with van der Waals surface area (Å²) in [6.07, 6.45) is 0. The normalized spacial score (nSPS) is 16.8. The van der Waals surface area contributed by atoms with Gasteiger partial charge in [-0.05, 0) is 26.3 Å². The van der Waals surface area contributed by atoms with Gasteiger partial charge < -0.3 is 9.80 Å². The highest BCUT2D eigenvalue weighted by molar-refractivity contribution is 5.77. The maximum atomic E-state index is 12.2. The third kappa shape index (κ3) is 2.60. The molecule has 3 heteroatoms. The first kappa shape index (κ1) is 12.0. The molecule has 1 aliphatic heterocycles. The number of nitrogens with zero attached hydrogens (tertiary/aromatic N) is 2. The maximum absolute atomic E-state index is 12.2. The van der Waals surface area contributed by atoms with Gasteiger partial charge in [0.2, 0.25) is 0 Å². The fourth-order valence-corrected chi connectivity index (χ4v) is 2.16. The summed E-state index contributed by atoms with van der Waals surface area (Å²) >= 11 is 0. The first-order valence-corrected chi connectivity index (χ1v) is 6.09. The van der Waals surface area contributed by atoms with Crippen LogP contribution in [0, 0.1) is 0 Å². The molecule has 0 saturated carbocycles. The fourth-order valence-electron chi connectivity index (χ4n) is 2.16. The second-order valence-corrected chi connectivity index (χ2v) is 5.51. The van der Waals surface area contributed by atoms with E-state index in [9.17, 15) is 4.79 Å². The molecule has 1 saturated heterocycles. The minimum Gasteiger partial charge on any atom is -0.319 e. The van der Waals surface area contributed by atoms with Crippen LogP contribution in [0.3, 0.4) is 0 Å². The number of urea groups is 1. The molecule has 0 aliphatic carbocycles. The van der Waals surface area contributed by atoms with Crippen molar-refractivity contribution in [3.63, 3.8) is 0 Å². The molecule has 0 N–H and O–H groups in total. The molecule has 1 aromatic rings. The second kappa shape index (κ2) is 4.40. The van der Waals surface area contributed by atoms with E-state index in [2.05, 4.69) is 32.9 Å². The van der Waals surface area contributed by atoms with Crippen LogP contribution in [-0.2, 0) is 6.54 Å².